The van der Waals surface area contributed by atoms with E-state index >= 15 is 0 Å². The number of methoxy groups -OCH3 is 1. The molecule has 1 aromatic heterocycles. The van der Waals surface area contributed by atoms with E-state index in [0.717, 1.165) is 29.6 Å². The number of aryl methyl sites for hydroxylation is 1. The molecule has 0 saturated carbocycles. The zero-order valence-corrected chi connectivity index (χ0v) is 16.3. The zero-order chi connectivity index (χ0) is 21.6. The summed E-state index contributed by atoms with van der Waals surface area (Å²) in [6.07, 6.45) is 1.38. The Morgan fingerprint density at radius 3 is 2.55 bits per heavy atom. The van der Waals surface area contributed by atoms with Crippen molar-refractivity contribution >= 4 is 17.8 Å². The third-order valence-corrected chi connectivity index (χ3v) is 4.35. The van der Waals surface area contributed by atoms with Gasteiger partial charge in [-0.05, 0) is 49.8 Å². The smallest absolute Gasteiger partial charge is 0.349 e. The van der Waals surface area contributed by atoms with Crippen LogP contribution in [0, 0.1) is 36.8 Å². The van der Waals surface area contributed by atoms with Crippen molar-refractivity contribution in [1.29, 1.82) is 5.26 Å². The Balaban J connectivity index is 2.11. The van der Waals surface area contributed by atoms with Crippen molar-refractivity contribution in [2.45, 2.75) is 20.4 Å². The largest absolute Gasteiger partial charge is 0.453 e. The van der Waals surface area contributed by atoms with Gasteiger partial charge in [-0.2, -0.15) is 5.26 Å². The van der Waals surface area contributed by atoms with E-state index in [0.29, 0.717) is 18.7 Å². The molecule has 1 heterocycles. The van der Waals surface area contributed by atoms with Crippen molar-refractivity contribution in [2.75, 3.05) is 20.3 Å². The second-order valence-corrected chi connectivity index (χ2v) is 6.27. The predicted octanol–water partition coefficient (Wildman–Crippen LogP) is 3.36. The fraction of sp³-hybridized carbons (Fsp3) is 0.286. The number of hydrogen-bond donors (Lipinski definition) is 0. The van der Waals surface area contributed by atoms with Crippen LogP contribution in [0.2, 0.25) is 0 Å². The molecular formula is C21H20F2N2O4. The molecule has 1 aromatic carbocycles. The average molecular weight is 402 g/mol. The van der Waals surface area contributed by atoms with E-state index in [4.69, 9.17) is 9.47 Å². The Morgan fingerprint density at radius 2 is 1.93 bits per heavy atom. The normalized spacial score (nSPS) is 11.2. The van der Waals surface area contributed by atoms with E-state index < -0.39 is 30.0 Å². The molecule has 8 heteroatoms. The molecule has 0 saturated heterocycles. The number of carbonyl (C=O) groups excluding carboxylic acids is 2. The molecule has 2 rings (SSSR count). The summed E-state index contributed by atoms with van der Waals surface area (Å²) in [5, 5.41) is 9.29. The maximum Gasteiger partial charge on any atom is 0.349 e. The first-order chi connectivity index (χ1) is 13.8. The maximum atomic E-state index is 13.2. The van der Waals surface area contributed by atoms with Crippen LogP contribution < -0.4 is 0 Å². The molecule has 0 aliphatic carbocycles. The van der Waals surface area contributed by atoms with Gasteiger partial charge in [0.1, 0.15) is 11.6 Å². The predicted molar refractivity (Wildman–Crippen MR) is 101 cm³/mol. The van der Waals surface area contributed by atoms with Crippen LogP contribution in [0.25, 0.3) is 6.08 Å². The maximum absolute atomic E-state index is 13.2. The summed E-state index contributed by atoms with van der Waals surface area (Å²) in [4.78, 5) is 24.2. The first-order valence-electron chi connectivity index (χ1n) is 8.71. The fourth-order valence-electron chi connectivity index (χ4n) is 2.75. The van der Waals surface area contributed by atoms with Crippen LogP contribution in [-0.4, -0.2) is 36.6 Å². The number of benzene rings is 1. The van der Waals surface area contributed by atoms with Crippen LogP contribution in [0.5, 0.6) is 0 Å². The van der Waals surface area contributed by atoms with Crippen LogP contribution in [0.3, 0.4) is 0 Å². The van der Waals surface area contributed by atoms with Crippen LogP contribution >= 0.6 is 0 Å². The van der Waals surface area contributed by atoms with Crippen molar-refractivity contribution in [1.82, 2.24) is 4.57 Å². The molecule has 0 bridgehead atoms. The third-order valence-electron chi connectivity index (χ3n) is 4.35. The lowest BCUT2D eigenvalue weighted by Crippen LogP contribution is -2.15. The Morgan fingerprint density at radius 1 is 1.21 bits per heavy atom. The highest BCUT2D eigenvalue weighted by Crippen LogP contribution is 2.19. The molecule has 0 radical (unpaired) electrons. The summed E-state index contributed by atoms with van der Waals surface area (Å²) in [5.74, 6) is -3.96. The summed E-state index contributed by atoms with van der Waals surface area (Å²) < 4.78 is 38.1. The van der Waals surface area contributed by atoms with Gasteiger partial charge in [-0.1, -0.05) is 0 Å². The average Bonchev–Trinajstić information content (AvgIpc) is 2.97. The van der Waals surface area contributed by atoms with E-state index in [1.54, 1.807) is 13.2 Å². The van der Waals surface area contributed by atoms with Gasteiger partial charge in [0.05, 0.1) is 6.61 Å². The van der Waals surface area contributed by atoms with E-state index in [9.17, 15) is 23.6 Å². The Labute approximate surface area is 167 Å². The van der Waals surface area contributed by atoms with E-state index in [2.05, 4.69) is 0 Å². The van der Waals surface area contributed by atoms with Gasteiger partial charge in [0.25, 0.3) is 0 Å². The van der Waals surface area contributed by atoms with Crippen molar-refractivity contribution < 1.29 is 27.8 Å². The highest BCUT2D eigenvalue weighted by atomic mass is 19.2. The summed E-state index contributed by atoms with van der Waals surface area (Å²) in [6.45, 7) is 4.18. The van der Waals surface area contributed by atoms with Crippen molar-refractivity contribution in [3.05, 3.63) is 64.0 Å². The first-order valence-corrected chi connectivity index (χ1v) is 8.71. The summed E-state index contributed by atoms with van der Waals surface area (Å²) in [7, 11) is 1.60. The van der Waals surface area contributed by atoms with Crippen molar-refractivity contribution in [3.63, 3.8) is 0 Å². The minimum atomic E-state index is -1.18. The highest BCUT2D eigenvalue weighted by molar-refractivity contribution is 6.02. The molecule has 0 N–H and O–H groups in total. The number of halogens is 2. The second-order valence-electron chi connectivity index (χ2n) is 6.27. The van der Waals surface area contributed by atoms with Gasteiger partial charge >= 0.3 is 5.97 Å². The number of ether oxygens (including phenoxy) is 2. The monoisotopic (exact) mass is 402 g/mol. The van der Waals surface area contributed by atoms with Gasteiger partial charge in [0.15, 0.2) is 24.0 Å². The number of esters is 1. The molecule has 0 aliphatic heterocycles. The van der Waals surface area contributed by atoms with Gasteiger partial charge in [0.2, 0.25) is 0 Å². The van der Waals surface area contributed by atoms with Crippen molar-refractivity contribution in [3.8, 4) is 6.07 Å². The third kappa shape index (κ3) is 5.36. The molecule has 0 fully saturated rings. The number of carbonyl (C=O) groups is 2. The number of rotatable bonds is 8. The molecule has 0 aliphatic rings. The summed E-state index contributed by atoms with van der Waals surface area (Å²) in [6, 6.07) is 6.20. The molecule has 0 unspecified atom stereocenters. The Hall–Kier alpha value is -3.31. The van der Waals surface area contributed by atoms with E-state index in [1.165, 1.54) is 6.08 Å². The van der Waals surface area contributed by atoms with Gasteiger partial charge in [-0.15, -0.1) is 0 Å². The highest BCUT2D eigenvalue weighted by Gasteiger charge is 2.17. The zero-order valence-electron chi connectivity index (χ0n) is 16.3. The number of nitrogens with zero attached hydrogens (tertiary/aromatic N) is 2. The second kappa shape index (κ2) is 9.75. The Bertz CT molecular complexity index is 1000. The molecule has 2 aromatic rings. The fourth-order valence-corrected chi connectivity index (χ4v) is 2.75. The summed E-state index contributed by atoms with van der Waals surface area (Å²) in [5.41, 5.74) is 2.03. The molecule has 29 heavy (non-hydrogen) atoms. The van der Waals surface area contributed by atoms with Gasteiger partial charge in [0, 0.05) is 30.6 Å². The number of nitriles is 1. The minimum Gasteiger partial charge on any atom is -0.453 e. The molecule has 6 nitrogen and oxygen atoms in total. The number of aromatic nitrogens is 1. The number of Topliss-reactive ketones (excluding diaryl/α,β-unsaturated/α-hetero) is 1. The Kier molecular flexibility index (Phi) is 7.39. The lowest BCUT2D eigenvalue weighted by atomic mass is 10.1. The standard InChI is InChI=1S/C21H20F2N2O4/c1-13-8-16(14(2)25(13)6-7-28-3)9-17(11-24)21(27)29-12-20(26)15-4-5-18(22)19(23)10-15/h4-5,8-10H,6-7,12H2,1-3H3. The van der Waals surface area contributed by atoms with Gasteiger partial charge < -0.3 is 14.0 Å². The number of hydrogen-bond acceptors (Lipinski definition) is 5. The molecule has 0 atom stereocenters. The van der Waals surface area contributed by atoms with Crippen LogP contribution in [0.15, 0.2) is 29.8 Å². The summed E-state index contributed by atoms with van der Waals surface area (Å²) >= 11 is 0. The quantitative estimate of drug-likeness (QED) is 0.293. The minimum absolute atomic E-state index is 0.138. The van der Waals surface area contributed by atoms with Crippen LogP contribution in [0.4, 0.5) is 8.78 Å². The molecule has 0 spiro atoms. The van der Waals surface area contributed by atoms with E-state index in [-0.39, 0.29) is 11.1 Å². The lowest BCUT2D eigenvalue weighted by molar-refractivity contribution is -0.137. The van der Waals surface area contributed by atoms with Gasteiger partial charge in [-0.25, -0.2) is 13.6 Å². The SMILES string of the molecule is COCCn1c(C)cc(C=C(C#N)C(=O)OCC(=O)c2ccc(F)c(F)c2)c1C. The van der Waals surface area contributed by atoms with Gasteiger partial charge in [-0.3, -0.25) is 4.79 Å². The molecular weight excluding hydrogens is 382 g/mol. The van der Waals surface area contributed by atoms with E-state index in [1.807, 2.05) is 24.5 Å². The van der Waals surface area contributed by atoms with Crippen LogP contribution in [-0.2, 0) is 20.8 Å². The van der Waals surface area contributed by atoms with Crippen molar-refractivity contribution in [2.24, 2.45) is 0 Å². The number of ketones is 1. The topological polar surface area (TPSA) is 81.3 Å². The van der Waals surface area contributed by atoms with Crippen LogP contribution in [0.1, 0.15) is 27.3 Å². The molecule has 0 amide bonds. The lowest BCUT2D eigenvalue weighted by Gasteiger charge is -2.08. The molecule has 152 valence electrons. The first kappa shape index (κ1) is 22.0.